The van der Waals surface area contributed by atoms with E-state index < -0.39 is 0 Å². The third-order valence-electron chi connectivity index (χ3n) is 6.10. The summed E-state index contributed by atoms with van der Waals surface area (Å²) in [6.07, 6.45) is 5.18. The van der Waals surface area contributed by atoms with Crippen molar-refractivity contribution in [3.05, 3.63) is 69.2 Å². The molecular weight excluding hydrogens is 445 g/mol. The summed E-state index contributed by atoms with van der Waals surface area (Å²) in [4.78, 5) is 15.3. The van der Waals surface area contributed by atoms with Crippen LogP contribution in [0.5, 0.6) is 0 Å². The van der Waals surface area contributed by atoms with E-state index in [1.54, 1.807) is 0 Å². The molecule has 1 heterocycles. The SMILES string of the molecule is O=C(c1ccccc1Br)N1CCC2(Cl)CCCCC2C1c1ccccc1Cl. The zero-order valence-corrected chi connectivity index (χ0v) is 18.1. The summed E-state index contributed by atoms with van der Waals surface area (Å²) < 4.78 is 0.819. The number of amides is 1. The Labute approximate surface area is 179 Å². The molecule has 1 saturated heterocycles. The number of alkyl halides is 1. The second kappa shape index (κ2) is 7.77. The Kier molecular flexibility index (Phi) is 5.55. The highest BCUT2D eigenvalue weighted by Gasteiger charge is 2.50. The van der Waals surface area contributed by atoms with E-state index in [2.05, 4.69) is 15.9 Å². The van der Waals surface area contributed by atoms with Crippen LogP contribution in [0.1, 0.15) is 54.1 Å². The molecule has 1 aliphatic heterocycles. The van der Waals surface area contributed by atoms with Crippen LogP contribution < -0.4 is 0 Å². The Morgan fingerprint density at radius 2 is 1.81 bits per heavy atom. The summed E-state index contributed by atoms with van der Waals surface area (Å²) >= 11 is 17.3. The molecule has 3 atom stereocenters. The summed E-state index contributed by atoms with van der Waals surface area (Å²) in [5.41, 5.74) is 1.70. The molecule has 4 rings (SSSR count). The number of rotatable bonds is 2. The second-order valence-corrected chi connectivity index (χ2v) is 9.60. The molecule has 0 aromatic heterocycles. The van der Waals surface area contributed by atoms with Crippen LogP contribution in [0.3, 0.4) is 0 Å². The molecule has 0 bridgehead atoms. The molecule has 0 spiro atoms. The molecule has 2 aromatic carbocycles. The minimum absolute atomic E-state index is 0.0386. The van der Waals surface area contributed by atoms with Gasteiger partial charge in [0.1, 0.15) is 0 Å². The first-order valence-electron chi connectivity index (χ1n) is 9.50. The smallest absolute Gasteiger partial charge is 0.255 e. The Hall–Kier alpha value is -1.03. The van der Waals surface area contributed by atoms with Crippen LogP contribution in [0.4, 0.5) is 0 Å². The van der Waals surface area contributed by atoms with Gasteiger partial charge in [0.2, 0.25) is 0 Å². The van der Waals surface area contributed by atoms with Gasteiger partial charge in [0.15, 0.2) is 0 Å². The minimum atomic E-state index is -0.243. The van der Waals surface area contributed by atoms with Crippen molar-refractivity contribution in [2.45, 2.75) is 43.0 Å². The number of hydrogen-bond acceptors (Lipinski definition) is 1. The van der Waals surface area contributed by atoms with E-state index in [0.29, 0.717) is 17.1 Å². The van der Waals surface area contributed by atoms with Crippen molar-refractivity contribution in [1.82, 2.24) is 4.90 Å². The van der Waals surface area contributed by atoms with Gasteiger partial charge >= 0.3 is 0 Å². The van der Waals surface area contributed by atoms with Crippen molar-refractivity contribution in [1.29, 1.82) is 0 Å². The van der Waals surface area contributed by atoms with E-state index in [9.17, 15) is 4.79 Å². The lowest BCUT2D eigenvalue weighted by atomic mass is 9.68. The molecule has 5 heteroatoms. The molecule has 1 aliphatic carbocycles. The highest BCUT2D eigenvalue weighted by atomic mass is 79.9. The van der Waals surface area contributed by atoms with Gasteiger partial charge in [-0.25, -0.2) is 0 Å². The zero-order chi connectivity index (χ0) is 19.0. The normalized spacial score (nSPS) is 27.9. The number of nitrogens with zero attached hydrogens (tertiary/aromatic N) is 1. The quantitative estimate of drug-likeness (QED) is 0.442. The number of hydrogen-bond donors (Lipinski definition) is 0. The Morgan fingerprint density at radius 3 is 2.59 bits per heavy atom. The van der Waals surface area contributed by atoms with Crippen molar-refractivity contribution >= 4 is 45.0 Å². The van der Waals surface area contributed by atoms with Gasteiger partial charge in [0.05, 0.1) is 16.5 Å². The Morgan fingerprint density at radius 1 is 1.07 bits per heavy atom. The molecule has 2 nitrogen and oxygen atoms in total. The van der Waals surface area contributed by atoms with Crippen LogP contribution >= 0.6 is 39.1 Å². The van der Waals surface area contributed by atoms with Gasteiger partial charge in [-0.05, 0) is 59.0 Å². The van der Waals surface area contributed by atoms with E-state index in [1.165, 1.54) is 0 Å². The number of carbonyl (C=O) groups is 1. The third-order valence-corrected chi connectivity index (χ3v) is 7.79. The number of carbonyl (C=O) groups excluding carboxylic acids is 1. The minimum Gasteiger partial charge on any atom is -0.331 e. The van der Waals surface area contributed by atoms with Crippen molar-refractivity contribution in [2.75, 3.05) is 6.54 Å². The monoisotopic (exact) mass is 465 g/mol. The standard InChI is InChI=1S/C22H22BrCl2NO/c23-18-10-3-1-7-15(18)21(27)26-14-13-22(25)12-6-5-9-17(22)20(26)16-8-2-4-11-19(16)24/h1-4,7-8,10-11,17,20H,5-6,9,12-14H2. The predicted molar refractivity (Wildman–Crippen MR) is 115 cm³/mol. The first-order chi connectivity index (χ1) is 13.0. The topological polar surface area (TPSA) is 20.3 Å². The summed E-state index contributed by atoms with van der Waals surface area (Å²) in [6, 6.07) is 15.4. The van der Waals surface area contributed by atoms with Crippen LogP contribution in [0, 0.1) is 5.92 Å². The maximum absolute atomic E-state index is 13.5. The molecule has 3 unspecified atom stereocenters. The number of likely N-dealkylation sites (tertiary alicyclic amines) is 1. The van der Waals surface area contributed by atoms with Gasteiger partial charge in [-0.3, -0.25) is 4.79 Å². The van der Waals surface area contributed by atoms with E-state index in [0.717, 1.165) is 42.1 Å². The largest absolute Gasteiger partial charge is 0.331 e. The first-order valence-corrected chi connectivity index (χ1v) is 11.0. The second-order valence-electron chi connectivity index (χ2n) is 7.58. The molecule has 27 heavy (non-hydrogen) atoms. The van der Waals surface area contributed by atoms with Gasteiger partial charge in [0, 0.05) is 22.0 Å². The van der Waals surface area contributed by atoms with Gasteiger partial charge in [-0.2, -0.15) is 0 Å². The molecule has 2 fully saturated rings. The van der Waals surface area contributed by atoms with Gasteiger partial charge in [0.25, 0.3) is 5.91 Å². The highest BCUT2D eigenvalue weighted by Crippen LogP contribution is 2.53. The summed E-state index contributed by atoms with van der Waals surface area (Å²) in [5.74, 6) is 0.254. The van der Waals surface area contributed by atoms with Crippen LogP contribution in [0.15, 0.2) is 53.0 Å². The third kappa shape index (κ3) is 3.54. The fourth-order valence-corrected chi connectivity index (χ4v) is 5.91. The van der Waals surface area contributed by atoms with E-state index in [1.807, 2.05) is 53.4 Å². The highest BCUT2D eigenvalue weighted by molar-refractivity contribution is 9.10. The molecular formula is C22H22BrCl2NO. The number of halogens is 3. The van der Waals surface area contributed by atoms with Crippen molar-refractivity contribution in [2.24, 2.45) is 5.92 Å². The molecule has 2 aromatic rings. The Balaban J connectivity index is 1.79. The predicted octanol–water partition coefficient (Wildman–Crippen LogP) is 6.86. The molecule has 0 radical (unpaired) electrons. The molecule has 2 aliphatic rings. The van der Waals surface area contributed by atoms with E-state index in [-0.39, 0.29) is 22.7 Å². The van der Waals surface area contributed by atoms with Crippen LogP contribution in [-0.4, -0.2) is 22.2 Å². The van der Waals surface area contributed by atoms with E-state index in [4.69, 9.17) is 23.2 Å². The van der Waals surface area contributed by atoms with Crippen LogP contribution in [0.2, 0.25) is 5.02 Å². The Bertz CT molecular complexity index is 858. The molecule has 1 saturated carbocycles. The van der Waals surface area contributed by atoms with Gasteiger partial charge in [-0.15, -0.1) is 11.6 Å². The maximum Gasteiger partial charge on any atom is 0.255 e. The first kappa shape index (κ1) is 19.3. The summed E-state index contributed by atoms with van der Waals surface area (Å²) in [6.45, 7) is 0.649. The van der Waals surface area contributed by atoms with Gasteiger partial charge in [-0.1, -0.05) is 54.8 Å². The average Bonchev–Trinajstić information content (AvgIpc) is 2.67. The fraction of sp³-hybridized carbons (Fsp3) is 0.409. The van der Waals surface area contributed by atoms with Crippen molar-refractivity contribution in [3.8, 4) is 0 Å². The molecule has 1 amide bonds. The molecule has 0 N–H and O–H groups in total. The van der Waals surface area contributed by atoms with Crippen LogP contribution in [0.25, 0.3) is 0 Å². The fourth-order valence-electron chi connectivity index (χ4n) is 4.76. The summed E-state index contributed by atoms with van der Waals surface area (Å²) in [5, 5.41) is 0.707. The lowest BCUT2D eigenvalue weighted by molar-refractivity contribution is 0.0279. The maximum atomic E-state index is 13.5. The van der Waals surface area contributed by atoms with Crippen molar-refractivity contribution in [3.63, 3.8) is 0 Å². The number of benzene rings is 2. The lowest BCUT2D eigenvalue weighted by Gasteiger charge is -2.52. The number of fused-ring (bicyclic) bond motifs is 1. The number of piperidine rings is 1. The summed E-state index contributed by atoms with van der Waals surface area (Å²) in [7, 11) is 0. The average molecular weight is 467 g/mol. The van der Waals surface area contributed by atoms with E-state index >= 15 is 0 Å². The van der Waals surface area contributed by atoms with Crippen molar-refractivity contribution < 1.29 is 4.79 Å². The van der Waals surface area contributed by atoms with Crippen LogP contribution in [-0.2, 0) is 0 Å². The van der Waals surface area contributed by atoms with Gasteiger partial charge < -0.3 is 4.90 Å². The molecule has 142 valence electrons. The zero-order valence-electron chi connectivity index (χ0n) is 15.0. The lowest BCUT2D eigenvalue weighted by Crippen LogP contribution is -2.53.